The van der Waals surface area contributed by atoms with E-state index in [1.807, 2.05) is 37.4 Å². The zero-order valence-corrected chi connectivity index (χ0v) is 12.7. The third kappa shape index (κ3) is 4.73. The summed E-state index contributed by atoms with van der Waals surface area (Å²) in [6.45, 7) is 1.10. The largest absolute Gasteiger partial charge is 0.480 e. The van der Waals surface area contributed by atoms with Crippen molar-refractivity contribution in [2.45, 2.75) is 38.0 Å². The average molecular weight is 306 g/mol. The van der Waals surface area contributed by atoms with Gasteiger partial charge in [-0.05, 0) is 38.4 Å². The van der Waals surface area contributed by atoms with Crippen molar-refractivity contribution >= 4 is 12.1 Å². The molecule has 2 N–H and O–H groups in total. The van der Waals surface area contributed by atoms with Gasteiger partial charge in [0.1, 0.15) is 12.6 Å². The second-order valence-corrected chi connectivity index (χ2v) is 5.61. The first-order chi connectivity index (χ1) is 10.6. The second-order valence-electron chi connectivity index (χ2n) is 5.61. The van der Waals surface area contributed by atoms with Crippen LogP contribution in [0.5, 0.6) is 0 Å². The highest BCUT2D eigenvalue weighted by atomic mass is 16.5. The molecule has 1 saturated heterocycles. The molecule has 1 heterocycles. The summed E-state index contributed by atoms with van der Waals surface area (Å²) in [7, 11) is 1.98. The summed E-state index contributed by atoms with van der Waals surface area (Å²) in [5.74, 6) is -1.03. The Bertz CT molecular complexity index is 506. The standard InChI is InChI=1S/C16H22N2O4/c1-18-9-5-8-13(18)10-14(15(19)20)17-16(21)22-11-12-6-3-2-4-7-12/h2-4,6-7,13-14H,5,8-11H2,1H3,(H,17,21)(H,19,20). The Morgan fingerprint density at radius 1 is 1.41 bits per heavy atom. The van der Waals surface area contributed by atoms with Crippen LogP contribution in [0.25, 0.3) is 0 Å². The minimum atomic E-state index is -1.03. The van der Waals surface area contributed by atoms with Gasteiger partial charge < -0.3 is 20.1 Å². The highest BCUT2D eigenvalue weighted by Crippen LogP contribution is 2.19. The monoisotopic (exact) mass is 306 g/mol. The van der Waals surface area contributed by atoms with Gasteiger partial charge in [0.05, 0.1) is 0 Å². The second kappa shape index (κ2) is 7.79. The number of carboxylic acids is 1. The number of rotatable bonds is 6. The number of hydrogen-bond acceptors (Lipinski definition) is 4. The van der Waals surface area contributed by atoms with Gasteiger partial charge >= 0.3 is 12.1 Å². The topological polar surface area (TPSA) is 78.9 Å². The van der Waals surface area contributed by atoms with Gasteiger partial charge in [-0.2, -0.15) is 0 Å². The quantitative estimate of drug-likeness (QED) is 0.838. The van der Waals surface area contributed by atoms with Crippen LogP contribution in [0.1, 0.15) is 24.8 Å². The van der Waals surface area contributed by atoms with E-state index in [-0.39, 0.29) is 12.6 Å². The highest BCUT2D eigenvalue weighted by Gasteiger charge is 2.29. The Morgan fingerprint density at radius 3 is 2.73 bits per heavy atom. The number of aliphatic carboxylic acids is 1. The van der Waals surface area contributed by atoms with E-state index in [4.69, 9.17) is 4.74 Å². The minimum absolute atomic E-state index is 0.127. The highest BCUT2D eigenvalue weighted by molar-refractivity contribution is 5.79. The van der Waals surface area contributed by atoms with Crippen molar-refractivity contribution < 1.29 is 19.4 Å². The molecule has 1 fully saturated rings. The fourth-order valence-electron chi connectivity index (χ4n) is 2.68. The number of carbonyl (C=O) groups is 2. The number of alkyl carbamates (subject to hydrolysis) is 1. The summed E-state index contributed by atoms with van der Waals surface area (Å²) in [4.78, 5) is 25.2. The Morgan fingerprint density at radius 2 is 2.14 bits per heavy atom. The molecular formula is C16H22N2O4. The molecule has 2 unspecified atom stereocenters. The van der Waals surface area contributed by atoms with E-state index in [2.05, 4.69) is 10.2 Å². The number of hydrogen-bond donors (Lipinski definition) is 2. The maximum Gasteiger partial charge on any atom is 0.408 e. The Kier molecular flexibility index (Phi) is 5.77. The predicted molar refractivity (Wildman–Crippen MR) is 81.5 cm³/mol. The van der Waals surface area contributed by atoms with Crippen molar-refractivity contribution in [1.29, 1.82) is 0 Å². The summed E-state index contributed by atoms with van der Waals surface area (Å²) in [5, 5.41) is 11.7. The van der Waals surface area contributed by atoms with Crippen LogP contribution < -0.4 is 5.32 Å². The lowest BCUT2D eigenvalue weighted by atomic mass is 10.1. The van der Waals surface area contributed by atoms with Crippen molar-refractivity contribution in [1.82, 2.24) is 10.2 Å². The normalized spacial score (nSPS) is 19.6. The molecule has 0 saturated carbocycles. The molecule has 0 aliphatic carbocycles. The molecule has 1 aliphatic heterocycles. The number of nitrogens with one attached hydrogen (secondary N) is 1. The summed E-state index contributed by atoms with van der Waals surface area (Å²) >= 11 is 0. The third-order valence-corrected chi connectivity index (χ3v) is 3.98. The van der Waals surface area contributed by atoms with E-state index >= 15 is 0 Å². The number of ether oxygens (including phenoxy) is 1. The van der Waals surface area contributed by atoms with E-state index in [9.17, 15) is 14.7 Å². The third-order valence-electron chi connectivity index (χ3n) is 3.98. The van der Waals surface area contributed by atoms with Crippen LogP contribution in [0.3, 0.4) is 0 Å². The zero-order valence-electron chi connectivity index (χ0n) is 12.7. The van der Waals surface area contributed by atoms with Gasteiger partial charge in [0.15, 0.2) is 0 Å². The van der Waals surface area contributed by atoms with E-state index in [0.717, 1.165) is 24.9 Å². The van der Waals surface area contributed by atoms with E-state index in [1.165, 1.54) is 0 Å². The van der Waals surface area contributed by atoms with Gasteiger partial charge in [-0.15, -0.1) is 0 Å². The number of nitrogens with zero attached hydrogens (tertiary/aromatic N) is 1. The Labute approximate surface area is 130 Å². The lowest BCUT2D eigenvalue weighted by Crippen LogP contribution is -2.44. The van der Waals surface area contributed by atoms with Crippen molar-refractivity contribution in [2.75, 3.05) is 13.6 Å². The van der Waals surface area contributed by atoms with Crippen molar-refractivity contribution in [2.24, 2.45) is 0 Å². The van der Waals surface area contributed by atoms with E-state index < -0.39 is 18.1 Å². The molecule has 2 atom stereocenters. The van der Waals surface area contributed by atoms with Crippen LogP contribution in [0, 0.1) is 0 Å². The summed E-state index contributed by atoms with van der Waals surface area (Å²) in [6, 6.07) is 8.54. The smallest absolute Gasteiger partial charge is 0.408 e. The SMILES string of the molecule is CN1CCCC1CC(NC(=O)OCc1ccccc1)C(=O)O. The molecule has 120 valence electrons. The molecule has 1 aliphatic rings. The van der Waals surface area contributed by atoms with Crippen LogP contribution in [-0.2, 0) is 16.1 Å². The van der Waals surface area contributed by atoms with E-state index in [1.54, 1.807) is 0 Å². The molecule has 0 radical (unpaired) electrons. The summed E-state index contributed by atoms with van der Waals surface area (Å²) < 4.78 is 5.07. The maximum atomic E-state index is 11.8. The molecular weight excluding hydrogens is 284 g/mol. The molecule has 0 spiro atoms. The molecule has 0 aromatic heterocycles. The van der Waals surface area contributed by atoms with Crippen molar-refractivity contribution in [3.63, 3.8) is 0 Å². The number of likely N-dealkylation sites (tertiary alicyclic amines) is 1. The van der Waals surface area contributed by atoms with Gasteiger partial charge in [-0.3, -0.25) is 0 Å². The van der Waals surface area contributed by atoms with Crippen LogP contribution in [0.15, 0.2) is 30.3 Å². The number of carboxylic acid groups (broad SMARTS) is 1. The lowest BCUT2D eigenvalue weighted by molar-refractivity contribution is -0.139. The Hall–Kier alpha value is -2.08. The summed E-state index contributed by atoms with van der Waals surface area (Å²) in [6.07, 6.45) is 1.72. The van der Waals surface area contributed by atoms with Gasteiger partial charge in [0.25, 0.3) is 0 Å². The summed E-state index contributed by atoms with van der Waals surface area (Å²) in [5.41, 5.74) is 0.861. The molecule has 1 aromatic carbocycles. The van der Waals surface area contributed by atoms with Gasteiger partial charge in [-0.25, -0.2) is 9.59 Å². The molecule has 22 heavy (non-hydrogen) atoms. The van der Waals surface area contributed by atoms with Gasteiger partial charge in [-0.1, -0.05) is 30.3 Å². The first-order valence-electron chi connectivity index (χ1n) is 7.46. The fraction of sp³-hybridized carbons (Fsp3) is 0.500. The van der Waals surface area contributed by atoms with E-state index in [0.29, 0.717) is 6.42 Å². The van der Waals surface area contributed by atoms with Gasteiger partial charge in [0, 0.05) is 6.04 Å². The van der Waals surface area contributed by atoms with Crippen molar-refractivity contribution in [3.05, 3.63) is 35.9 Å². The van der Waals surface area contributed by atoms with Crippen LogP contribution in [0.2, 0.25) is 0 Å². The molecule has 1 amide bonds. The Balaban J connectivity index is 1.82. The zero-order chi connectivity index (χ0) is 15.9. The van der Waals surface area contributed by atoms with Crippen molar-refractivity contribution in [3.8, 4) is 0 Å². The van der Waals surface area contributed by atoms with Crippen LogP contribution in [-0.4, -0.2) is 47.7 Å². The fourth-order valence-corrected chi connectivity index (χ4v) is 2.68. The number of benzene rings is 1. The maximum absolute atomic E-state index is 11.8. The van der Waals surface area contributed by atoms with Crippen LogP contribution in [0.4, 0.5) is 4.79 Å². The molecule has 1 aromatic rings. The number of carbonyl (C=O) groups excluding carboxylic acids is 1. The molecule has 0 bridgehead atoms. The predicted octanol–water partition coefficient (Wildman–Crippen LogP) is 1.85. The first-order valence-corrected chi connectivity index (χ1v) is 7.46. The molecule has 6 nitrogen and oxygen atoms in total. The number of amides is 1. The van der Waals surface area contributed by atoms with Gasteiger partial charge in [0.2, 0.25) is 0 Å². The van der Waals surface area contributed by atoms with Crippen LogP contribution >= 0.6 is 0 Å². The average Bonchev–Trinajstić information content (AvgIpc) is 2.91. The minimum Gasteiger partial charge on any atom is -0.480 e. The molecule has 6 heteroatoms. The molecule has 2 rings (SSSR count). The lowest BCUT2D eigenvalue weighted by Gasteiger charge is -2.23. The first kappa shape index (κ1) is 16.3.